The molecule has 112 valence electrons. The monoisotopic (exact) mass is 312 g/mol. The van der Waals surface area contributed by atoms with Gasteiger partial charge in [0.05, 0.1) is 6.54 Å². The lowest BCUT2D eigenvalue weighted by Gasteiger charge is -2.14. The molecule has 3 rings (SSSR count). The molecule has 1 aliphatic heterocycles. The number of hydrogen-bond acceptors (Lipinski definition) is 3. The third-order valence-corrected chi connectivity index (χ3v) is 4.00. The van der Waals surface area contributed by atoms with Crippen molar-refractivity contribution < 1.29 is 9.90 Å². The first-order chi connectivity index (χ1) is 10.6. The first kappa shape index (κ1) is 14.5. The summed E-state index contributed by atoms with van der Waals surface area (Å²) >= 11 is 5.28. The van der Waals surface area contributed by atoms with Crippen molar-refractivity contribution in [2.75, 3.05) is 0 Å². The number of hydrogen-bond donors (Lipinski definition) is 2. The zero-order valence-electron chi connectivity index (χ0n) is 11.9. The van der Waals surface area contributed by atoms with Crippen LogP contribution in [-0.2, 0) is 17.8 Å². The van der Waals surface area contributed by atoms with Gasteiger partial charge in [0.2, 0.25) is 0 Å². The molecule has 1 saturated heterocycles. The number of nitrogens with zero attached hydrogens (tertiary/aromatic N) is 1. The van der Waals surface area contributed by atoms with Crippen LogP contribution in [0.4, 0.5) is 0 Å². The maximum Gasteiger partial charge on any atom is 0.251 e. The lowest BCUT2D eigenvalue weighted by Crippen LogP contribution is -2.32. The van der Waals surface area contributed by atoms with E-state index in [2.05, 4.69) is 5.32 Å². The van der Waals surface area contributed by atoms with Gasteiger partial charge in [0, 0.05) is 6.42 Å². The van der Waals surface area contributed by atoms with E-state index in [-0.39, 0.29) is 17.7 Å². The van der Waals surface area contributed by atoms with Crippen LogP contribution in [-0.4, -0.2) is 27.1 Å². The minimum atomic E-state index is -0.347. The standard InChI is InChI=1S/C17H16N2O2S/c20-14-8-6-12(7-9-14)10-15-16(21)19(17(22)18-15)11-13-4-2-1-3-5-13/h1-9,15,20H,10-11H2,(H,18,22)/t15-/m0/s1. The molecule has 2 N–H and O–H groups in total. The second-order valence-electron chi connectivity index (χ2n) is 5.28. The van der Waals surface area contributed by atoms with Gasteiger partial charge in [0.1, 0.15) is 11.8 Å². The molecule has 22 heavy (non-hydrogen) atoms. The van der Waals surface area contributed by atoms with Crippen LogP contribution >= 0.6 is 12.2 Å². The maximum atomic E-state index is 12.5. The van der Waals surface area contributed by atoms with E-state index in [1.54, 1.807) is 17.0 Å². The van der Waals surface area contributed by atoms with Crippen molar-refractivity contribution >= 4 is 23.2 Å². The fourth-order valence-electron chi connectivity index (χ4n) is 2.50. The van der Waals surface area contributed by atoms with Gasteiger partial charge in [-0.1, -0.05) is 42.5 Å². The van der Waals surface area contributed by atoms with Gasteiger partial charge < -0.3 is 10.4 Å². The summed E-state index contributed by atoms with van der Waals surface area (Å²) in [4.78, 5) is 14.1. The molecule has 0 bridgehead atoms. The number of aromatic hydroxyl groups is 1. The van der Waals surface area contributed by atoms with Crippen LogP contribution < -0.4 is 5.32 Å². The highest BCUT2D eigenvalue weighted by atomic mass is 32.1. The highest BCUT2D eigenvalue weighted by molar-refractivity contribution is 7.80. The molecular formula is C17H16N2O2S. The topological polar surface area (TPSA) is 52.6 Å². The molecule has 1 amide bonds. The Kier molecular flexibility index (Phi) is 4.06. The van der Waals surface area contributed by atoms with Gasteiger partial charge in [-0.15, -0.1) is 0 Å². The molecule has 5 heteroatoms. The minimum Gasteiger partial charge on any atom is -0.508 e. The zero-order chi connectivity index (χ0) is 15.5. The van der Waals surface area contributed by atoms with E-state index in [1.807, 2.05) is 42.5 Å². The molecule has 0 radical (unpaired) electrons. The highest BCUT2D eigenvalue weighted by Gasteiger charge is 2.35. The normalized spacial score (nSPS) is 17.6. The molecule has 0 aliphatic carbocycles. The van der Waals surface area contributed by atoms with Crippen molar-refractivity contribution in [3.8, 4) is 5.75 Å². The Bertz CT molecular complexity index is 686. The molecule has 0 saturated carbocycles. The molecule has 0 aromatic heterocycles. The number of phenolic OH excluding ortho intramolecular Hbond substituents is 1. The van der Waals surface area contributed by atoms with Crippen molar-refractivity contribution in [1.29, 1.82) is 0 Å². The van der Waals surface area contributed by atoms with Crippen molar-refractivity contribution in [3.63, 3.8) is 0 Å². The fourth-order valence-corrected chi connectivity index (χ4v) is 2.80. The average molecular weight is 312 g/mol. The molecule has 4 nitrogen and oxygen atoms in total. The van der Waals surface area contributed by atoms with E-state index in [9.17, 15) is 9.90 Å². The molecule has 0 unspecified atom stereocenters. The first-order valence-electron chi connectivity index (χ1n) is 7.07. The van der Waals surface area contributed by atoms with Gasteiger partial charge in [-0.05, 0) is 35.5 Å². The molecule has 2 aromatic rings. The number of carbonyl (C=O) groups excluding carboxylic acids is 1. The Labute approximate surface area is 134 Å². The van der Waals surface area contributed by atoms with Crippen LogP contribution in [0.15, 0.2) is 54.6 Å². The van der Waals surface area contributed by atoms with Gasteiger partial charge >= 0.3 is 0 Å². The molecular weight excluding hydrogens is 296 g/mol. The minimum absolute atomic E-state index is 0.0121. The van der Waals surface area contributed by atoms with Gasteiger partial charge in [0.15, 0.2) is 5.11 Å². The van der Waals surface area contributed by atoms with Crippen LogP contribution in [0.3, 0.4) is 0 Å². The quantitative estimate of drug-likeness (QED) is 0.850. The third-order valence-electron chi connectivity index (χ3n) is 3.67. The Hall–Kier alpha value is -2.40. The van der Waals surface area contributed by atoms with Crippen molar-refractivity contribution in [2.24, 2.45) is 0 Å². The second kappa shape index (κ2) is 6.15. The van der Waals surface area contributed by atoms with E-state index >= 15 is 0 Å². The van der Waals surface area contributed by atoms with Gasteiger partial charge in [0.25, 0.3) is 5.91 Å². The van der Waals surface area contributed by atoms with Crippen molar-refractivity contribution in [1.82, 2.24) is 10.2 Å². The molecule has 0 spiro atoms. The SMILES string of the molecule is O=C1[C@H](Cc2ccc(O)cc2)NC(=S)N1Cc1ccccc1. The predicted octanol–water partition coefficient (Wildman–Crippen LogP) is 2.22. The molecule has 1 heterocycles. The van der Waals surface area contributed by atoms with Crippen LogP contribution in [0.1, 0.15) is 11.1 Å². The lowest BCUT2D eigenvalue weighted by molar-refractivity contribution is -0.127. The van der Waals surface area contributed by atoms with E-state index < -0.39 is 0 Å². The maximum absolute atomic E-state index is 12.5. The summed E-state index contributed by atoms with van der Waals surface area (Å²) in [5.74, 6) is 0.206. The summed E-state index contributed by atoms with van der Waals surface area (Å²) in [7, 11) is 0. The number of carbonyl (C=O) groups is 1. The summed E-state index contributed by atoms with van der Waals surface area (Å²) < 4.78 is 0. The molecule has 1 atom stereocenters. The van der Waals surface area contributed by atoms with Crippen LogP contribution in [0.25, 0.3) is 0 Å². The predicted molar refractivity (Wildman–Crippen MR) is 88.3 cm³/mol. The average Bonchev–Trinajstić information content (AvgIpc) is 2.78. The number of benzene rings is 2. The Morgan fingerprint density at radius 2 is 1.73 bits per heavy atom. The van der Waals surface area contributed by atoms with Gasteiger partial charge in [-0.25, -0.2) is 0 Å². The van der Waals surface area contributed by atoms with E-state index in [0.717, 1.165) is 11.1 Å². The number of nitrogens with one attached hydrogen (secondary N) is 1. The molecule has 1 fully saturated rings. The van der Waals surface area contributed by atoms with Crippen LogP contribution in [0, 0.1) is 0 Å². The smallest absolute Gasteiger partial charge is 0.251 e. The van der Waals surface area contributed by atoms with E-state index in [4.69, 9.17) is 12.2 Å². The molecule has 2 aromatic carbocycles. The Morgan fingerprint density at radius 1 is 1.05 bits per heavy atom. The Balaban J connectivity index is 1.70. The lowest BCUT2D eigenvalue weighted by atomic mass is 10.1. The van der Waals surface area contributed by atoms with Crippen molar-refractivity contribution in [3.05, 3.63) is 65.7 Å². The van der Waals surface area contributed by atoms with Crippen LogP contribution in [0.5, 0.6) is 5.75 Å². The largest absolute Gasteiger partial charge is 0.508 e. The van der Waals surface area contributed by atoms with Crippen molar-refractivity contribution in [2.45, 2.75) is 19.0 Å². The number of amides is 1. The number of phenols is 1. The summed E-state index contributed by atoms with van der Waals surface area (Å²) in [5, 5.41) is 12.9. The van der Waals surface area contributed by atoms with Gasteiger partial charge in [-0.2, -0.15) is 0 Å². The zero-order valence-corrected chi connectivity index (χ0v) is 12.7. The summed E-state index contributed by atoms with van der Waals surface area (Å²) in [5.41, 5.74) is 2.03. The number of thiocarbonyl (C=S) groups is 1. The third kappa shape index (κ3) is 3.09. The summed E-state index contributed by atoms with van der Waals surface area (Å²) in [6.45, 7) is 0.484. The van der Waals surface area contributed by atoms with Crippen LogP contribution in [0.2, 0.25) is 0 Å². The van der Waals surface area contributed by atoms with E-state index in [0.29, 0.717) is 18.1 Å². The number of rotatable bonds is 4. The first-order valence-corrected chi connectivity index (χ1v) is 7.48. The Morgan fingerprint density at radius 3 is 2.41 bits per heavy atom. The summed E-state index contributed by atoms with van der Waals surface area (Å²) in [6, 6.07) is 16.3. The highest BCUT2D eigenvalue weighted by Crippen LogP contribution is 2.17. The van der Waals surface area contributed by atoms with E-state index in [1.165, 1.54) is 0 Å². The fraction of sp³-hybridized carbons (Fsp3) is 0.176. The van der Waals surface area contributed by atoms with Gasteiger partial charge in [-0.3, -0.25) is 9.69 Å². The molecule has 1 aliphatic rings. The second-order valence-corrected chi connectivity index (χ2v) is 5.67. The summed E-state index contributed by atoms with van der Waals surface area (Å²) in [6.07, 6.45) is 0.546.